The van der Waals surface area contributed by atoms with Crippen LogP contribution in [0.4, 0.5) is 0 Å². The van der Waals surface area contributed by atoms with Crippen LogP contribution in [-0.4, -0.2) is 11.5 Å². The molecule has 4 heteroatoms. The Morgan fingerprint density at radius 1 is 1.43 bits per heavy atom. The fraction of sp³-hybridized carbons (Fsp3) is 0.600. The van der Waals surface area contributed by atoms with Crippen molar-refractivity contribution in [1.82, 2.24) is 0 Å². The maximum absolute atomic E-state index is 3.33. The summed E-state index contributed by atoms with van der Waals surface area (Å²) in [5, 5.41) is 0. The Bertz CT molecular complexity index is 170. The van der Waals surface area contributed by atoms with Crippen molar-refractivity contribution in [2.75, 3.05) is 11.5 Å². The van der Waals surface area contributed by atoms with Crippen molar-refractivity contribution in [1.29, 1.82) is 0 Å². The van der Waals surface area contributed by atoms with Gasteiger partial charge >= 0.3 is 21.7 Å². The fourth-order valence-electron chi connectivity index (χ4n) is 1.13. The molecule has 0 saturated heterocycles. The van der Waals surface area contributed by atoms with Crippen molar-refractivity contribution < 1.29 is 46.5 Å². The monoisotopic (exact) mass is 285 g/mol. The average Bonchev–Trinajstić information content (AvgIpc) is 2.50. The predicted molar refractivity (Wildman–Crippen MR) is 52.7 cm³/mol. The molecule has 0 fully saturated rings. The van der Waals surface area contributed by atoms with E-state index in [1.54, 1.807) is 0 Å². The van der Waals surface area contributed by atoms with Crippen LogP contribution < -0.4 is 24.8 Å². The molecule has 0 N–H and O–H groups in total. The summed E-state index contributed by atoms with van der Waals surface area (Å²) < 4.78 is 0. The van der Waals surface area contributed by atoms with Gasteiger partial charge in [-0.2, -0.15) is 17.8 Å². The number of hydrogen-bond acceptors (Lipinski definition) is 1. The molecule has 0 unspecified atom stereocenters. The minimum Gasteiger partial charge on any atom is -1.00 e. The molecule has 0 aromatic carbocycles. The predicted octanol–water partition coefficient (Wildman–Crippen LogP) is -2.79. The Balaban J connectivity index is -0.000000403. The molecule has 79 valence electrons. The number of thioether (sulfide) groups is 1. The molecule has 0 atom stereocenters. The van der Waals surface area contributed by atoms with Crippen molar-refractivity contribution in [2.24, 2.45) is 0 Å². The standard InChI is InChI=1S/C10H15S.2ClH.Ti/c1-2-11-9-5-8-10-6-3-4-7-10;;;/h3,6H,2,4-5,8-9H2,1H3;2*1H;/q-1;;;+3/p-2. The van der Waals surface area contributed by atoms with Gasteiger partial charge < -0.3 is 24.8 Å². The van der Waals surface area contributed by atoms with Gasteiger partial charge in [0.05, 0.1) is 0 Å². The summed E-state index contributed by atoms with van der Waals surface area (Å²) in [4.78, 5) is 0. The largest absolute Gasteiger partial charge is 3.00 e. The molecule has 1 radical (unpaired) electrons. The van der Waals surface area contributed by atoms with Gasteiger partial charge in [0.25, 0.3) is 0 Å². The third-order valence-corrected chi connectivity index (χ3v) is 2.69. The summed E-state index contributed by atoms with van der Waals surface area (Å²) >= 11 is 2.03. The second-order valence-electron chi connectivity index (χ2n) is 2.61. The Kier molecular flexibility index (Phi) is 20.7. The maximum atomic E-state index is 3.33. The van der Waals surface area contributed by atoms with Gasteiger partial charge in [-0.1, -0.05) is 13.3 Å². The topological polar surface area (TPSA) is 0 Å². The SMILES string of the molecule is CCSCCCC1=[C-]CC=C1.[Cl-].[Cl-].[Ti+3]. The van der Waals surface area contributed by atoms with Crippen LogP contribution in [0.3, 0.4) is 0 Å². The van der Waals surface area contributed by atoms with E-state index in [0.29, 0.717) is 0 Å². The average molecular weight is 286 g/mol. The van der Waals surface area contributed by atoms with Crippen molar-refractivity contribution in [3.05, 3.63) is 23.8 Å². The number of halogens is 2. The van der Waals surface area contributed by atoms with Crippen LogP contribution >= 0.6 is 11.8 Å². The molecule has 0 saturated carbocycles. The molecular weight excluding hydrogens is 271 g/mol. The molecule has 0 aromatic rings. The minimum absolute atomic E-state index is 0. The fourth-order valence-corrected chi connectivity index (χ4v) is 1.77. The maximum Gasteiger partial charge on any atom is 3.00 e. The minimum atomic E-state index is 0. The first-order chi connectivity index (χ1) is 5.43. The summed E-state index contributed by atoms with van der Waals surface area (Å²) in [7, 11) is 0. The van der Waals surface area contributed by atoms with Gasteiger partial charge in [0.15, 0.2) is 0 Å². The van der Waals surface area contributed by atoms with Gasteiger partial charge in [-0.25, -0.2) is 11.6 Å². The Hall–Kier alpha value is 1.12. The molecule has 14 heavy (non-hydrogen) atoms. The zero-order chi connectivity index (χ0) is 7.94. The zero-order valence-electron chi connectivity index (χ0n) is 8.35. The first-order valence-corrected chi connectivity index (χ1v) is 5.43. The van der Waals surface area contributed by atoms with E-state index in [1.807, 2.05) is 11.8 Å². The first-order valence-electron chi connectivity index (χ1n) is 4.27. The van der Waals surface area contributed by atoms with E-state index >= 15 is 0 Å². The third kappa shape index (κ3) is 9.67. The quantitative estimate of drug-likeness (QED) is 0.299. The van der Waals surface area contributed by atoms with Crippen LogP contribution in [0.2, 0.25) is 0 Å². The van der Waals surface area contributed by atoms with Crippen molar-refractivity contribution >= 4 is 11.8 Å². The normalized spacial score (nSPS) is 12.2. The van der Waals surface area contributed by atoms with Gasteiger partial charge in [0.2, 0.25) is 0 Å². The molecule has 1 aliphatic rings. The smallest absolute Gasteiger partial charge is 1.00 e. The summed E-state index contributed by atoms with van der Waals surface area (Å²) in [6, 6.07) is 0. The molecule has 0 aromatic heterocycles. The van der Waals surface area contributed by atoms with Crippen molar-refractivity contribution in [3.63, 3.8) is 0 Å². The van der Waals surface area contributed by atoms with E-state index in [1.165, 1.54) is 29.9 Å². The Labute approximate surface area is 119 Å². The molecule has 0 bridgehead atoms. The number of allylic oxidation sites excluding steroid dienone is 4. The van der Waals surface area contributed by atoms with E-state index in [0.717, 1.165) is 6.42 Å². The van der Waals surface area contributed by atoms with Gasteiger partial charge in [-0.05, 0) is 17.9 Å². The molecular formula is C10H15Cl2STi. The third-order valence-electron chi connectivity index (χ3n) is 1.70. The summed E-state index contributed by atoms with van der Waals surface area (Å²) in [6.07, 6.45) is 11.3. The van der Waals surface area contributed by atoms with E-state index in [-0.39, 0.29) is 46.5 Å². The van der Waals surface area contributed by atoms with Crippen LogP contribution in [0.5, 0.6) is 0 Å². The molecule has 1 rings (SSSR count). The van der Waals surface area contributed by atoms with Crippen LogP contribution in [-0.2, 0) is 21.7 Å². The van der Waals surface area contributed by atoms with E-state index in [4.69, 9.17) is 0 Å². The van der Waals surface area contributed by atoms with Crippen LogP contribution in [0.1, 0.15) is 26.2 Å². The summed E-state index contributed by atoms with van der Waals surface area (Å²) in [5.41, 5.74) is 1.42. The molecule has 0 aliphatic heterocycles. The Morgan fingerprint density at radius 2 is 2.14 bits per heavy atom. The summed E-state index contributed by atoms with van der Waals surface area (Å²) in [5.74, 6) is 2.55. The zero-order valence-corrected chi connectivity index (χ0v) is 12.2. The van der Waals surface area contributed by atoms with Crippen LogP contribution in [0.25, 0.3) is 0 Å². The van der Waals surface area contributed by atoms with Crippen LogP contribution in [0.15, 0.2) is 17.7 Å². The van der Waals surface area contributed by atoms with Gasteiger partial charge in [-0.15, -0.1) is 6.42 Å². The molecule has 1 aliphatic carbocycles. The van der Waals surface area contributed by atoms with E-state index < -0.39 is 0 Å². The van der Waals surface area contributed by atoms with Crippen LogP contribution in [0, 0.1) is 6.08 Å². The Morgan fingerprint density at radius 3 is 2.64 bits per heavy atom. The molecule has 0 nitrogen and oxygen atoms in total. The van der Waals surface area contributed by atoms with Crippen molar-refractivity contribution in [3.8, 4) is 0 Å². The second kappa shape index (κ2) is 14.1. The van der Waals surface area contributed by atoms with Gasteiger partial charge in [0, 0.05) is 0 Å². The second-order valence-corrected chi connectivity index (χ2v) is 4.00. The van der Waals surface area contributed by atoms with Gasteiger partial charge in [-0.3, -0.25) is 6.08 Å². The molecule has 0 spiro atoms. The van der Waals surface area contributed by atoms with E-state index in [2.05, 4.69) is 25.2 Å². The summed E-state index contributed by atoms with van der Waals surface area (Å²) in [6.45, 7) is 2.21. The van der Waals surface area contributed by atoms with Gasteiger partial charge in [0.1, 0.15) is 0 Å². The molecule has 0 amide bonds. The number of rotatable bonds is 5. The number of hydrogen-bond donors (Lipinski definition) is 0. The van der Waals surface area contributed by atoms with Crippen molar-refractivity contribution in [2.45, 2.75) is 26.2 Å². The first kappa shape index (κ1) is 20.5. The molecule has 0 heterocycles. The van der Waals surface area contributed by atoms with E-state index in [9.17, 15) is 0 Å².